The lowest BCUT2D eigenvalue weighted by Crippen LogP contribution is -2.43. The molecule has 5 nitrogen and oxygen atoms in total. The van der Waals surface area contributed by atoms with Gasteiger partial charge >= 0.3 is 6.03 Å². The molecule has 128 valence electrons. The highest BCUT2D eigenvalue weighted by Gasteiger charge is 2.23. The molecular formula is C18H24N4OS. The van der Waals surface area contributed by atoms with Gasteiger partial charge in [-0.25, -0.2) is 9.78 Å². The molecule has 1 fully saturated rings. The molecule has 2 heterocycles. The molecular weight excluding hydrogens is 320 g/mol. The first-order chi connectivity index (χ1) is 11.7. The van der Waals surface area contributed by atoms with Gasteiger partial charge in [-0.3, -0.25) is 0 Å². The average molecular weight is 344 g/mol. The van der Waals surface area contributed by atoms with Crippen molar-refractivity contribution < 1.29 is 4.79 Å². The second kappa shape index (κ2) is 8.15. The first-order valence-electron chi connectivity index (χ1n) is 8.52. The van der Waals surface area contributed by atoms with Crippen LogP contribution in [0.5, 0.6) is 0 Å². The Balaban J connectivity index is 1.38. The predicted octanol–water partition coefficient (Wildman–Crippen LogP) is 2.83. The van der Waals surface area contributed by atoms with Gasteiger partial charge in [-0.15, -0.1) is 11.3 Å². The van der Waals surface area contributed by atoms with Gasteiger partial charge in [0, 0.05) is 43.2 Å². The molecule has 1 aromatic heterocycles. The van der Waals surface area contributed by atoms with E-state index in [1.165, 1.54) is 5.69 Å². The summed E-state index contributed by atoms with van der Waals surface area (Å²) in [5.41, 5.74) is 2.28. The number of hydrogen-bond acceptors (Lipinski definition) is 4. The van der Waals surface area contributed by atoms with Gasteiger partial charge in [0.15, 0.2) is 0 Å². The number of para-hydroxylation sites is 1. The fourth-order valence-corrected chi connectivity index (χ4v) is 3.70. The lowest BCUT2D eigenvalue weighted by molar-refractivity contribution is 0.238. The second-order valence-corrected chi connectivity index (χ2v) is 6.95. The van der Waals surface area contributed by atoms with Gasteiger partial charge in [0.1, 0.15) is 0 Å². The van der Waals surface area contributed by atoms with Gasteiger partial charge in [-0.2, -0.15) is 0 Å². The van der Waals surface area contributed by atoms with Crippen LogP contribution in [0.15, 0.2) is 35.7 Å². The summed E-state index contributed by atoms with van der Waals surface area (Å²) in [4.78, 5) is 18.9. The molecule has 2 aromatic rings. The molecule has 0 saturated carbocycles. The van der Waals surface area contributed by atoms with Crippen LogP contribution in [0.25, 0.3) is 0 Å². The van der Waals surface area contributed by atoms with Crippen LogP contribution in [-0.2, 0) is 12.8 Å². The Hall–Kier alpha value is -2.08. The molecule has 0 unspecified atom stereocenters. The maximum atomic E-state index is 12.0. The van der Waals surface area contributed by atoms with E-state index in [0.29, 0.717) is 6.54 Å². The van der Waals surface area contributed by atoms with E-state index >= 15 is 0 Å². The number of nitrogens with one attached hydrogen (secondary N) is 2. The third-order valence-corrected chi connectivity index (χ3v) is 5.26. The molecule has 1 saturated heterocycles. The number of thiazole rings is 1. The SMILES string of the molecule is CCc1nc(CCNC(=O)N[C@H]2CCN(c3ccccc3)C2)cs1. The van der Waals surface area contributed by atoms with Crippen molar-refractivity contribution in [3.8, 4) is 0 Å². The second-order valence-electron chi connectivity index (χ2n) is 6.00. The first kappa shape index (κ1) is 16.8. The van der Waals surface area contributed by atoms with Gasteiger partial charge < -0.3 is 15.5 Å². The third-order valence-electron chi connectivity index (χ3n) is 4.21. The summed E-state index contributed by atoms with van der Waals surface area (Å²) in [6, 6.07) is 10.5. The lowest BCUT2D eigenvalue weighted by Gasteiger charge is -2.19. The van der Waals surface area contributed by atoms with E-state index in [1.807, 2.05) is 18.2 Å². The van der Waals surface area contributed by atoms with Gasteiger partial charge in [0.2, 0.25) is 0 Å². The monoisotopic (exact) mass is 344 g/mol. The Kier molecular flexibility index (Phi) is 5.69. The summed E-state index contributed by atoms with van der Waals surface area (Å²) >= 11 is 1.69. The Bertz CT molecular complexity index is 658. The van der Waals surface area contributed by atoms with Crippen LogP contribution in [0.2, 0.25) is 0 Å². The molecule has 1 aliphatic heterocycles. The molecule has 0 spiro atoms. The first-order valence-corrected chi connectivity index (χ1v) is 9.40. The van der Waals surface area contributed by atoms with Gasteiger partial charge in [-0.05, 0) is 25.0 Å². The van der Waals surface area contributed by atoms with Crippen LogP contribution >= 0.6 is 11.3 Å². The lowest BCUT2D eigenvalue weighted by atomic mass is 10.3. The van der Waals surface area contributed by atoms with Crippen LogP contribution in [0, 0.1) is 0 Å². The van der Waals surface area contributed by atoms with Crippen LogP contribution < -0.4 is 15.5 Å². The summed E-state index contributed by atoms with van der Waals surface area (Å²) in [5.74, 6) is 0. The molecule has 2 N–H and O–H groups in total. The number of carbonyl (C=O) groups is 1. The smallest absolute Gasteiger partial charge is 0.315 e. The van der Waals surface area contributed by atoms with Crippen LogP contribution in [-0.4, -0.2) is 36.7 Å². The number of aromatic nitrogens is 1. The highest BCUT2D eigenvalue weighted by molar-refractivity contribution is 7.09. The van der Waals surface area contributed by atoms with E-state index in [9.17, 15) is 4.79 Å². The van der Waals surface area contributed by atoms with Crippen molar-refractivity contribution in [1.29, 1.82) is 0 Å². The number of nitrogens with zero attached hydrogens (tertiary/aromatic N) is 2. The Labute approximate surface area is 147 Å². The third kappa shape index (κ3) is 4.47. The Morgan fingerprint density at radius 3 is 2.96 bits per heavy atom. The number of carbonyl (C=O) groups excluding carboxylic acids is 1. The topological polar surface area (TPSA) is 57.3 Å². The van der Waals surface area contributed by atoms with Crippen molar-refractivity contribution in [3.05, 3.63) is 46.4 Å². The molecule has 3 rings (SSSR count). The standard InChI is InChI=1S/C18H24N4OS/c1-2-17-20-15(13-24-17)8-10-19-18(23)21-14-9-11-22(12-14)16-6-4-3-5-7-16/h3-7,13-14H,2,8-12H2,1H3,(H2,19,21,23)/t14-/m0/s1. The summed E-state index contributed by atoms with van der Waals surface area (Å²) in [6.07, 6.45) is 2.73. The molecule has 0 aliphatic carbocycles. The van der Waals surface area contributed by atoms with Crippen LogP contribution in [0.4, 0.5) is 10.5 Å². The zero-order chi connectivity index (χ0) is 16.8. The molecule has 0 radical (unpaired) electrons. The number of urea groups is 1. The molecule has 0 bridgehead atoms. The van der Waals surface area contributed by atoms with E-state index in [0.717, 1.165) is 43.1 Å². The minimum atomic E-state index is -0.0825. The minimum Gasteiger partial charge on any atom is -0.369 e. The molecule has 2 amide bonds. The van der Waals surface area contributed by atoms with E-state index in [2.05, 4.69) is 45.0 Å². The average Bonchev–Trinajstić information content (AvgIpc) is 3.25. The van der Waals surface area contributed by atoms with E-state index in [1.54, 1.807) is 11.3 Å². The Morgan fingerprint density at radius 1 is 1.38 bits per heavy atom. The minimum absolute atomic E-state index is 0.0825. The molecule has 1 aromatic carbocycles. The van der Waals surface area contributed by atoms with Crippen LogP contribution in [0.3, 0.4) is 0 Å². The van der Waals surface area contributed by atoms with Gasteiger partial charge in [0.25, 0.3) is 0 Å². The summed E-state index contributed by atoms with van der Waals surface area (Å²) in [5, 5.41) is 9.24. The number of benzene rings is 1. The largest absolute Gasteiger partial charge is 0.369 e. The van der Waals surface area contributed by atoms with Crippen molar-refractivity contribution >= 4 is 23.1 Å². The highest BCUT2D eigenvalue weighted by atomic mass is 32.1. The normalized spacial score (nSPS) is 17.0. The van der Waals surface area contributed by atoms with Gasteiger partial charge in [0.05, 0.1) is 10.7 Å². The number of anilines is 1. The summed E-state index contributed by atoms with van der Waals surface area (Å²) in [7, 11) is 0. The molecule has 1 atom stereocenters. The predicted molar refractivity (Wildman–Crippen MR) is 98.8 cm³/mol. The quantitative estimate of drug-likeness (QED) is 0.847. The van der Waals surface area contributed by atoms with Crippen molar-refractivity contribution in [2.75, 3.05) is 24.5 Å². The fourth-order valence-electron chi connectivity index (χ4n) is 2.92. The number of rotatable bonds is 6. The van der Waals surface area contributed by atoms with Crippen molar-refractivity contribution in [3.63, 3.8) is 0 Å². The van der Waals surface area contributed by atoms with Crippen LogP contribution in [0.1, 0.15) is 24.0 Å². The molecule has 6 heteroatoms. The highest BCUT2D eigenvalue weighted by Crippen LogP contribution is 2.19. The van der Waals surface area contributed by atoms with Crippen molar-refractivity contribution in [2.24, 2.45) is 0 Å². The van der Waals surface area contributed by atoms with Crippen molar-refractivity contribution in [2.45, 2.75) is 32.2 Å². The molecule has 1 aliphatic rings. The van der Waals surface area contributed by atoms with Crippen molar-refractivity contribution in [1.82, 2.24) is 15.6 Å². The van der Waals surface area contributed by atoms with E-state index < -0.39 is 0 Å². The number of amides is 2. The van der Waals surface area contributed by atoms with E-state index in [-0.39, 0.29) is 12.1 Å². The van der Waals surface area contributed by atoms with E-state index in [4.69, 9.17) is 0 Å². The maximum Gasteiger partial charge on any atom is 0.315 e. The maximum absolute atomic E-state index is 12.0. The molecule has 24 heavy (non-hydrogen) atoms. The Morgan fingerprint density at radius 2 is 2.21 bits per heavy atom. The number of hydrogen-bond donors (Lipinski definition) is 2. The summed E-state index contributed by atoms with van der Waals surface area (Å²) in [6.45, 7) is 4.57. The zero-order valence-corrected chi connectivity index (χ0v) is 14.8. The zero-order valence-electron chi connectivity index (χ0n) is 14.0. The van der Waals surface area contributed by atoms with Gasteiger partial charge in [-0.1, -0.05) is 25.1 Å². The number of aryl methyl sites for hydroxylation is 1. The fraction of sp³-hybridized carbons (Fsp3) is 0.444. The summed E-state index contributed by atoms with van der Waals surface area (Å²) < 4.78 is 0.